The van der Waals surface area contributed by atoms with Gasteiger partial charge in [0.2, 0.25) is 0 Å². The van der Waals surface area contributed by atoms with Crippen molar-refractivity contribution in [2.45, 2.75) is 45.4 Å². The predicted octanol–water partition coefficient (Wildman–Crippen LogP) is 2.36. The van der Waals surface area contributed by atoms with Crippen LogP contribution in [0.5, 0.6) is 0 Å². The van der Waals surface area contributed by atoms with E-state index in [1.165, 1.54) is 25.7 Å². The molecule has 3 N–H and O–H groups in total. The molecule has 0 spiro atoms. The number of aromatic nitrogens is 2. The first kappa shape index (κ1) is 13.3. The van der Waals surface area contributed by atoms with Crippen molar-refractivity contribution in [2.75, 3.05) is 18.4 Å². The second kappa shape index (κ2) is 6.14. The van der Waals surface area contributed by atoms with Crippen molar-refractivity contribution in [3.05, 3.63) is 18.1 Å². The zero-order chi connectivity index (χ0) is 12.8. The molecule has 1 saturated carbocycles. The van der Waals surface area contributed by atoms with Crippen molar-refractivity contribution in [1.82, 2.24) is 9.97 Å². The smallest absolute Gasteiger partial charge is 0.129 e. The third-order valence-corrected chi connectivity index (χ3v) is 3.97. The van der Waals surface area contributed by atoms with Gasteiger partial charge in [0, 0.05) is 18.3 Å². The van der Waals surface area contributed by atoms with Crippen molar-refractivity contribution in [3.63, 3.8) is 0 Å². The third kappa shape index (κ3) is 3.19. The molecule has 4 heteroatoms. The summed E-state index contributed by atoms with van der Waals surface area (Å²) in [7, 11) is 0. The molecule has 0 amide bonds. The minimum absolute atomic E-state index is 0.288. The Labute approximate surface area is 109 Å². The maximum absolute atomic E-state index is 5.94. The summed E-state index contributed by atoms with van der Waals surface area (Å²) in [5, 5.41) is 3.45. The average Bonchev–Trinajstić information content (AvgIpc) is 2.87. The van der Waals surface area contributed by atoms with Crippen molar-refractivity contribution in [3.8, 4) is 0 Å². The number of nitrogens with zero attached hydrogens (tertiary/aromatic N) is 2. The average molecular weight is 248 g/mol. The summed E-state index contributed by atoms with van der Waals surface area (Å²) in [6, 6.07) is 2.06. The number of hydrogen-bond acceptors (Lipinski definition) is 4. The van der Waals surface area contributed by atoms with Gasteiger partial charge in [0.15, 0.2) is 0 Å². The predicted molar refractivity (Wildman–Crippen MR) is 74.5 cm³/mol. The maximum Gasteiger partial charge on any atom is 0.129 e. The molecule has 1 aromatic heterocycles. The molecule has 4 nitrogen and oxygen atoms in total. The summed E-state index contributed by atoms with van der Waals surface area (Å²) >= 11 is 0. The minimum atomic E-state index is 0.288. The van der Waals surface area contributed by atoms with E-state index in [0.29, 0.717) is 0 Å². The number of anilines is 1. The SMILES string of the molecule is CCCc1cc(NCC2(CN)CCCC2)ncn1. The highest BCUT2D eigenvalue weighted by Crippen LogP contribution is 2.37. The van der Waals surface area contributed by atoms with Gasteiger partial charge in [-0.2, -0.15) is 0 Å². The van der Waals surface area contributed by atoms with Crippen LogP contribution in [-0.4, -0.2) is 23.1 Å². The third-order valence-electron chi connectivity index (χ3n) is 3.97. The molecule has 0 bridgehead atoms. The second-order valence-corrected chi connectivity index (χ2v) is 5.41. The Morgan fingerprint density at radius 3 is 2.78 bits per heavy atom. The molecule has 1 heterocycles. The fourth-order valence-corrected chi connectivity index (χ4v) is 2.74. The monoisotopic (exact) mass is 248 g/mol. The number of aryl methyl sites for hydroxylation is 1. The van der Waals surface area contributed by atoms with Gasteiger partial charge in [-0.1, -0.05) is 26.2 Å². The summed E-state index contributed by atoms with van der Waals surface area (Å²) in [5.74, 6) is 0.938. The Bertz CT molecular complexity index is 372. The van der Waals surface area contributed by atoms with Crippen LogP contribution < -0.4 is 11.1 Å². The lowest BCUT2D eigenvalue weighted by molar-refractivity contribution is 0.332. The highest BCUT2D eigenvalue weighted by atomic mass is 15.0. The lowest BCUT2D eigenvalue weighted by Crippen LogP contribution is -2.34. The molecular weight excluding hydrogens is 224 g/mol. The Morgan fingerprint density at radius 1 is 1.33 bits per heavy atom. The van der Waals surface area contributed by atoms with E-state index >= 15 is 0 Å². The highest BCUT2D eigenvalue weighted by molar-refractivity contribution is 5.35. The van der Waals surface area contributed by atoms with Crippen molar-refractivity contribution < 1.29 is 0 Å². The molecule has 0 unspecified atom stereocenters. The number of hydrogen-bond donors (Lipinski definition) is 2. The van der Waals surface area contributed by atoms with E-state index in [4.69, 9.17) is 5.73 Å². The standard InChI is InChI=1S/C14H24N4/c1-2-5-12-8-13(18-11-17-12)16-10-14(9-15)6-3-4-7-14/h8,11H,2-7,9-10,15H2,1H3,(H,16,17,18). The molecule has 100 valence electrons. The van der Waals surface area contributed by atoms with Crippen LogP contribution in [0, 0.1) is 5.41 Å². The molecule has 1 fully saturated rings. The van der Waals surface area contributed by atoms with Crippen LogP contribution in [0.15, 0.2) is 12.4 Å². The van der Waals surface area contributed by atoms with Crippen LogP contribution in [0.3, 0.4) is 0 Å². The van der Waals surface area contributed by atoms with Gasteiger partial charge in [0.05, 0.1) is 0 Å². The van der Waals surface area contributed by atoms with Gasteiger partial charge in [-0.05, 0) is 31.2 Å². The fourth-order valence-electron chi connectivity index (χ4n) is 2.74. The number of rotatable bonds is 6. The van der Waals surface area contributed by atoms with Gasteiger partial charge < -0.3 is 11.1 Å². The minimum Gasteiger partial charge on any atom is -0.369 e. The van der Waals surface area contributed by atoms with E-state index in [-0.39, 0.29) is 5.41 Å². The molecule has 0 aromatic carbocycles. The van der Waals surface area contributed by atoms with E-state index in [1.807, 2.05) is 0 Å². The normalized spacial score (nSPS) is 17.9. The Morgan fingerprint density at radius 2 is 2.11 bits per heavy atom. The molecular formula is C14H24N4. The van der Waals surface area contributed by atoms with Crippen LogP contribution in [0.4, 0.5) is 5.82 Å². The van der Waals surface area contributed by atoms with E-state index in [9.17, 15) is 0 Å². The van der Waals surface area contributed by atoms with Crippen molar-refractivity contribution in [2.24, 2.45) is 11.1 Å². The number of nitrogens with one attached hydrogen (secondary N) is 1. The first-order valence-corrected chi connectivity index (χ1v) is 7.03. The Kier molecular flexibility index (Phi) is 4.53. The molecule has 1 aliphatic carbocycles. The maximum atomic E-state index is 5.94. The van der Waals surface area contributed by atoms with Crippen LogP contribution in [-0.2, 0) is 6.42 Å². The topological polar surface area (TPSA) is 63.8 Å². The van der Waals surface area contributed by atoms with Gasteiger partial charge in [0.25, 0.3) is 0 Å². The molecule has 0 saturated heterocycles. The van der Waals surface area contributed by atoms with Crippen molar-refractivity contribution in [1.29, 1.82) is 0 Å². The van der Waals surface area contributed by atoms with E-state index in [1.54, 1.807) is 6.33 Å². The quantitative estimate of drug-likeness (QED) is 0.811. The summed E-state index contributed by atoms with van der Waals surface area (Å²) in [4.78, 5) is 8.56. The van der Waals surface area contributed by atoms with Crippen LogP contribution >= 0.6 is 0 Å². The Hall–Kier alpha value is -1.16. The van der Waals surface area contributed by atoms with Gasteiger partial charge in [-0.15, -0.1) is 0 Å². The molecule has 1 aromatic rings. The lowest BCUT2D eigenvalue weighted by atomic mass is 9.86. The first-order chi connectivity index (χ1) is 8.78. The molecule has 0 radical (unpaired) electrons. The second-order valence-electron chi connectivity index (χ2n) is 5.41. The van der Waals surface area contributed by atoms with Gasteiger partial charge >= 0.3 is 0 Å². The zero-order valence-electron chi connectivity index (χ0n) is 11.3. The summed E-state index contributed by atoms with van der Waals surface area (Å²) in [6.45, 7) is 3.87. The zero-order valence-corrected chi connectivity index (χ0v) is 11.3. The molecule has 18 heavy (non-hydrogen) atoms. The van der Waals surface area contributed by atoms with Crippen LogP contribution in [0.25, 0.3) is 0 Å². The van der Waals surface area contributed by atoms with Crippen LogP contribution in [0.1, 0.15) is 44.7 Å². The Balaban J connectivity index is 1.94. The van der Waals surface area contributed by atoms with E-state index in [2.05, 4.69) is 28.3 Å². The summed E-state index contributed by atoms with van der Waals surface area (Å²) < 4.78 is 0. The van der Waals surface area contributed by atoms with Crippen LogP contribution in [0.2, 0.25) is 0 Å². The van der Waals surface area contributed by atoms with E-state index in [0.717, 1.165) is 37.4 Å². The summed E-state index contributed by atoms with van der Waals surface area (Å²) in [5.41, 5.74) is 7.34. The largest absolute Gasteiger partial charge is 0.369 e. The molecule has 2 rings (SSSR count). The van der Waals surface area contributed by atoms with Gasteiger partial charge in [0.1, 0.15) is 12.1 Å². The first-order valence-electron chi connectivity index (χ1n) is 7.03. The molecule has 0 atom stereocenters. The van der Waals surface area contributed by atoms with Crippen molar-refractivity contribution >= 4 is 5.82 Å². The van der Waals surface area contributed by atoms with Gasteiger partial charge in [-0.25, -0.2) is 9.97 Å². The fraction of sp³-hybridized carbons (Fsp3) is 0.714. The molecule has 1 aliphatic rings. The van der Waals surface area contributed by atoms with Gasteiger partial charge in [-0.3, -0.25) is 0 Å². The van der Waals surface area contributed by atoms with E-state index < -0.39 is 0 Å². The number of nitrogens with two attached hydrogens (primary N) is 1. The molecule has 0 aliphatic heterocycles. The lowest BCUT2D eigenvalue weighted by Gasteiger charge is -2.27. The highest BCUT2D eigenvalue weighted by Gasteiger charge is 2.32. The summed E-state index contributed by atoms with van der Waals surface area (Å²) in [6.07, 6.45) is 8.87.